The second-order valence-corrected chi connectivity index (χ2v) is 4.60. The Morgan fingerprint density at radius 3 is 2.72 bits per heavy atom. The Morgan fingerprint density at radius 2 is 2.06 bits per heavy atom. The number of halogens is 1. The van der Waals surface area contributed by atoms with Gasteiger partial charge in [0.1, 0.15) is 0 Å². The van der Waals surface area contributed by atoms with Gasteiger partial charge in [-0.25, -0.2) is 0 Å². The Kier molecular flexibility index (Phi) is 3.81. The number of nitrogens with zero attached hydrogens (tertiary/aromatic N) is 4. The second-order valence-electron chi connectivity index (χ2n) is 4.25. The molecule has 0 spiro atoms. The highest BCUT2D eigenvalue weighted by Gasteiger charge is 2.07. The van der Waals surface area contributed by atoms with Crippen LogP contribution in [0.15, 0.2) is 12.3 Å². The van der Waals surface area contributed by atoms with Crippen LogP contribution in [0.4, 0.5) is 5.82 Å². The number of hydrogen-bond donors (Lipinski definition) is 1. The van der Waals surface area contributed by atoms with Crippen molar-refractivity contribution in [3.8, 4) is 0 Å². The number of rotatable bonds is 4. The van der Waals surface area contributed by atoms with Crippen LogP contribution in [0.2, 0.25) is 5.15 Å². The minimum atomic E-state index is 0.461. The van der Waals surface area contributed by atoms with Crippen LogP contribution >= 0.6 is 11.6 Å². The molecule has 0 aliphatic rings. The third kappa shape index (κ3) is 2.79. The number of aromatic nitrogens is 4. The van der Waals surface area contributed by atoms with Gasteiger partial charge in [0.15, 0.2) is 11.0 Å². The molecule has 0 amide bonds. The molecule has 18 heavy (non-hydrogen) atoms. The third-order valence-electron chi connectivity index (χ3n) is 2.91. The second kappa shape index (κ2) is 5.35. The highest BCUT2D eigenvalue weighted by Crippen LogP contribution is 2.20. The summed E-state index contributed by atoms with van der Waals surface area (Å²) in [5.74, 6) is 0.785. The molecule has 2 rings (SSSR count). The summed E-state index contributed by atoms with van der Waals surface area (Å²) < 4.78 is 1.80. The molecule has 1 N–H and O–H groups in total. The Morgan fingerprint density at radius 1 is 1.28 bits per heavy atom. The van der Waals surface area contributed by atoms with Crippen LogP contribution in [0, 0.1) is 13.8 Å². The molecule has 0 unspecified atom stereocenters. The van der Waals surface area contributed by atoms with Crippen molar-refractivity contribution in [1.29, 1.82) is 0 Å². The minimum absolute atomic E-state index is 0.461. The minimum Gasteiger partial charge on any atom is -0.368 e. The van der Waals surface area contributed by atoms with Gasteiger partial charge < -0.3 is 5.32 Å². The average molecular weight is 266 g/mol. The van der Waals surface area contributed by atoms with Gasteiger partial charge in [0, 0.05) is 26.2 Å². The van der Waals surface area contributed by atoms with E-state index in [0.29, 0.717) is 5.15 Å². The SMILES string of the molecule is Cc1c(Cl)nnc(NCCc2ccn(C)n2)c1C. The number of nitrogens with one attached hydrogen (secondary N) is 1. The first-order valence-electron chi connectivity index (χ1n) is 5.79. The van der Waals surface area contributed by atoms with Crippen LogP contribution in [0.5, 0.6) is 0 Å². The van der Waals surface area contributed by atoms with Gasteiger partial charge in [0.25, 0.3) is 0 Å². The van der Waals surface area contributed by atoms with E-state index < -0.39 is 0 Å². The zero-order chi connectivity index (χ0) is 13.1. The molecule has 0 aromatic carbocycles. The van der Waals surface area contributed by atoms with Gasteiger partial charge in [-0.3, -0.25) is 4.68 Å². The summed E-state index contributed by atoms with van der Waals surface area (Å²) in [6.07, 6.45) is 2.79. The van der Waals surface area contributed by atoms with E-state index in [-0.39, 0.29) is 0 Å². The van der Waals surface area contributed by atoms with Crippen molar-refractivity contribution in [2.45, 2.75) is 20.3 Å². The summed E-state index contributed by atoms with van der Waals surface area (Å²) in [5.41, 5.74) is 3.06. The lowest BCUT2D eigenvalue weighted by molar-refractivity contribution is 0.741. The topological polar surface area (TPSA) is 55.6 Å². The van der Waals surface area contributed by atoms with Crippen molar-refractivity contribution < 1.29 is 0 Å². The van der Waals surface area contributed by atoms with Crippen molar-refractivity contribution in [1.82, 2.24) is 20.0 Å². The van der Waals surface area contributed by atoms with Crippen molar-refractivity contribution in [2.24, 2.45) is 7.05 Å². The summed E-state index contributed by atoms with van der Waals surface area (Å²) >= 11 is 5.90. The monoisotopic (exact) mass is 265 g/mol. The first-order chi connectivity index (χ1) is 8.58. The normalized spacial score (nSPS) is 10.7. The fraction of sp³-hybridized carbons (Fsp3) is 0.417. The van der Waals surface area contributed by atoms with E-state index in [1.165, 1.54) is 0 Å². The van der Waals surface area contributed by atoms with Crippen LogP contribution in [-0.4, -0.2) is 26.5 Å². The zero-order valence-electron chi connectivity index (χ0n) is 10.7. The highest BCUT2D eigenvalue weighted by atomic mass is 35.5. The van der Waals surface area contributed by atoms with Crippen LogP contribution in [0.1, 0.15) is 16.8 Å². The molecule has 2 aromatic rings. The van der Waals surface area contributed by atoms with Crippen LogP contribution < -0.4 is 5.32 Å². The van der Waals surface area contributed by atoms with Gasteiger partial charge in [-0.05, 0) is 31.0 Å². The van der Waals surface area contributed by atoms with E-state index in [4.69, 9.17) is 11.6 Å². The average Bonchev–Trinajstić information content (AvgIpc) is 2.75. The van der Waals surface area contributed by atoms with E-state index >= 15 is 0 Å². The van der Waals surface area contributed by atoms with E-state index in [1.807, 2.05) is 33.2 Å². The Bertz CT molecular complexity index is 549. The Hall–Kier alpha value is -1.62. The largest absolute Gasteiger partial charge is 0.368 e. The van der Waals surface area contributed by atoms with Gasteiger partial charge in [-0.1, -0.05) is 11.6 Å². The van der Waals surface area contributed by atoms with E-state index in [9.17, 15) is 0 Å². The standard InChI is InChI=1S/C12H16ClN5/c1-8-9(2)12(16-15-11(8)13)14-6-4-10-5-7-18(3)17-10/h5,7H,4,6H2,1-3H3,(H,14,16). The van der Waals surface area contributed by atoms with Gasteiger partial charge >= 0.3 is 0 Å². The summed E-state index contributed by atoms with van der Waals surface area (Å²) in [6, 6.07) is 2.01. The fourth-order valence-corrected chi connectivity index (χ4v) is 1.83. The summed E-state index contributed by atoms with van der Waals surface area (Å²) in [4.78, 5) is 0. The van der Waals surface area contributed by atoms with Crippen molar-refractivity contribution >= 4 is 17.4 Å². The maximum absolute atomic E-state index is 5.90. The molecule has 0 aliphatic heterocycles. The van der Waals surface area contributed by atoms with Gasteiger partial charge in [-0.15, -0.1) is 10.2 Å². The molecular formula is C12H16ClN5. The van der Waals surface area contributed by atoms with Crippen molar-refractivity contribution in [3.63, 3.8) is 0 Å². The molecule has 0 atom stereocenters. The zero-order valence-corrected chi connectivity index (χ0v) is 11.5. The number of anilines is 1. The molecular weight excluding hydrogens is 250 g/mol. The molecule has 6 heteroatoms. The molecule has 0 saturated carbocycles. The molecule has 5 nitrogen and oxygen atoms in total. The highest BCUT2D eigenvalue weighted by molar-refractivity contribution is 6.30. The number of aryl methyl sites for hydroxylation is 1. The molecule has 0 bridgehead atoms. The lowest BCUT2D eigenvalue weighted by atomic mass is 10.2. The molecule has 0 fully saturated rings. The molecule has 2 heterocycles. The Balaban J connectivity index is 1.96. The Labute approximate surface area is 111 Å². The lowest BCUT2D eigenvalue weighted by Crippen LogP contribution is -2.10. The van der Waals surface area contributed by atoms with Crippen molar-refractivity contribution in [2.75, 3.05) is 11.9 Å². The maximum atomic E-state index is 5.90. The molecule has 96 valence electrons. The molecule has 0 radical (unpaired) electrons. The van der Waals surface area contributed by atoms with Crippen molar-refractivity contribution in [3.05, 3.63) is 34.2 Å². The van der Waals surface area contributed by atoms with Gasteiger partial charge in [0.2, 0.25) is 0 Å². The summed E-state index contributed by atoms with van der Waals surface area (Å²) in [5, 5.41) is 16.0. The van der Waals surface area contributed by atoms with Crippen LogP contribution in [0.3, 0.4) is 0 Å². The van der Waals surface area contributed by atoms with Crippen LogP contribution in [-0.2, 0) is 13.5 Å². The first kappa shape index (κ1) is 12.8. The quantitative estimate of drug-likeness (QED) is 0.920. The summed E-state index contributed by atoms with van der Waals surface area (Å²) in [7, 11) is 1.91. The van der Waals surface area contributed by atoms with E-state index in [1.54, 1.807) is 4.68 Å². The molecule has 2 aromatic heterocycles. The van der Waals surface area contributed by atoms with E-state index in [2.05, 4.69) is 20.6 Å². The van der Waals surface area contributed by atoms with Crippen LogP contribution in [0.25, 0.3) is 0 Å². The van der Waals surface area contributed by atoms with Gasteiger partial charge in [-0.2, -0.15) is 5.10 Å². The third-order valence-corrected chi connectivity index (χ3v) is 3.27. The summed E-state index contributed by atoms with van der Waals surface area (Å²) in [6.45, 7) is 4.70. The van der Waals surface area contributed by atoms with Gasteiger partial charge in [0.05, 0.1) is 5.69 Å². The molecule has 0 aliphatic carbocycles. The first-order valence-corrected chi connectivity index (χ1v) is 6.17. The number of hydrogen-bond acceptors (Lipinski definition) is 4. The lowest BCUT2D eigenvalue weighted by Gasteiger charge is -2.09. The van der Waals surface area contributed by atoms with E-state index in [0.717, 1.165) is 35.6 Å². The maximum Gasteiger partial charge on any atom is 0.155 e. The predicted molar refractivity (Wildman–Crippen MR) is 71.9 cm³/mol. The molecule has 0 saturated heterocycles. The smallest absolute Gasteiger partial charge is 0.155 e. The predicted octanol–water partition coefficient (Wildman–Crippen LogP) is 2.13. The fourth-order valence-electron chi connectivity index (χ4n) is 1.65.